The number of benzene rings is 2. The average Bonchev–Trinajstić information content (AvgIpc) is 2.73. The molecule has 3 aromatic rings. The van der Waals surface area contributed by atoms with E-state index < -0.39 is 11.9 Å². The van der Waals surface area contributed by atoms with Gasteiger partial charge in [-0.2, -0.15) is 0 Å². The number of rotatable bonds is 6. The van der Waals surface area contributed by atoms with Gasteiger partial charge in [0.05, 0.1) is 18.4 Å². The number of amides is 1. The van der Waals surface area contributed by atoms with Gasteiger partial charge in [-0.25, -0.2) is 14.8 Å². The smallest absolute Gasteiger partial charge is 0.339 e. The van der Waals surface area contributed by atoms with E-state index in [9.17, 15) is 9.59 Å². The van der Waals surface area contributed by atoms with Gasteiger partial charge in [0.1, 0.15) is 18.6 Å². The molecule has 0 aliphatic heterocycles. The van der Waals surface area contributed by atoms with Crippen LogP contribution in [0.5, 0.6) is 5.88 Å². The SMILES string of the molecule is COC(=O)c1ccccc1NC(=O)c1cc(OCc2ccccc2)ncn1. The highest BCUT2D eigenvalue weighted by molar-refractivity contribution is 6.07. The van der Waals surface area contributed by atoms with Gasteiger partial charge in [0.2, 0.25) is 5.88 Å². The van der Waals surface area contributed by atoms with E-state index in [4.69, 9.17) is 9.47 Å². The Morgan fingerprint density at radius 1 is 1.00 bits per heavy atom. The molecular weight excluding hydrogens is 346 g/mol. The van der Waals surface area contributed by atoms with Crippen LogP contribution in [0.1, 0.15) is 26.4 Å². The Labute approximate surface area is 156 Å². The van der Waals surface area contributed by atoms with E-state index in [1.54, 1.807) is 24.3 Å². The zero-order chi connectivity index (χ0) is 19.1. The van der Waals surface area contributed by atoms with Crippen molar-refractivity contribution in [2.75, 3.05) is 12.4 Å². The van der Waals surface area contributed by atoms with Gasteiger partial charge < -0.3 is 14.8 Å². The Hall–Kier alpha value is -3.74. The quantitative estimate of drug-likeness (QED) is 0.677. The molecule has 0 saturated heterocycles. The van der Waals surface area contributed by atoms with Crippen LogP contribution in [0.25, 0.3) is 0 Å². The highest BCUT2D eigenvalue weighted by atomic mass is 16.5. The highest BCUT2D eigenvalue weighted by Gasteiger charge is 2.15. The molecule has 7 nitrogen and oxygen atoms in total. The lowest BCUT2D eigenvalue weighted by Crippen LogP contribution is -2.17. The minimum absolute atomic E-state index is 0.118. The number of hydrogen-bond acceptors (Lipinski definition) is 6. The first-order valence-corrected chi connectivity index (χ1v) is 8.15. The van der Waals surface area contributed by atoms with Crippen molar-refractivity contribution in [3.05, 3.63) is 83.8 Å². The highest BCUT2D eigenvalue weighted by Crippen LogP contribution is 2.18. The number of carbonyl (C=O) groups is 2. The van der Waals surface area contributed by atoms with Gasteiger partial charge in [0.25, 0.3) is 5.91 Å². The van der Waals surface area contributed by atoms with Crippen LogP contribution in [0.4, 0.5) is 5.69 Å². The number of anilines is 1. The van der Waals surface area contributed by atoms with Crippen LogP contribution >= 0.6 is 0 Å². The van der Waals surface area contributed by atoms with Crippen molar-refractivity contribution in [2.45, 2.75) is 6.61 Å². The molecule has 0 saturated carbocycles. The summed E-state index contributed by atoms with van der Waals surface area (Å²) in [6.07, 6.45) is 1.25. The molecule has 27 heavy (non-hydrogen) atoms. The third-order valence-electron chi connectivity index (χ3n) is 3.68. The minimum Gasteiger partial charge on any atom is -0.473 e. The maximum Gasteiger partial charge on any atom is 0.339 e. The van der Waals surface area contributed by atoms with Crippen LogP contribution in [-0.2, 0) is 11.3 Å². The molecule has 0 fully saturated rings. The largest absolute Gasteiger partial charge is 0.473 e. The van der Waals surface area contributed by atoms with Gasteiger partial charge in [0.15, 0.2) is 0 Å². The molecule has 0 radical (unpaired) electrons. The lowest BCUT2D eigenvalue weighted by Gasteiger charge is -2.10. The van der Waals surface area contributed by atoms with E-state index >= 15 is 0 Å². The Bertz CT molecular complexity index is 945. The fraction of sp³-hybridized carbons (Fsp3) is 0.100. The normalized spacial score (nSPS) is 10.1. The van der Waals surface area contributed by atoms with Gasteiger partial charge in [0, 0.05) is 6.07 Å². The molecule has 1 N–H and O–H groups in total. The molecule has 1 amide bonds. The summed E-state index contributed by atoms with van der Waals surface area (Å²) in [7, 11) is 1.28. The van der Waals surface area contributed by atoms with E-state index in [0.29, 0.717) is 12.3 Å². The summed E-state index contributed by atoms with van der Waals surface area (Å²) in [6, 6.07) is 17.6. The van der Waals surface area contributed by atoms with E-state index in [-0.39, 0.29) is 17.1 Å². The Morgan fingerprint density at radius 3 is 2.52 bits per heavy atom. The Morgan fingerprint density at radius 2 is 1.74 bits per heavy atom. The lowest BCUT2D eigenvalue weighted by molar-refractivity contribution is 0.0602. The molecule has 0 atom stereocenters. The van der Waals surface area contributed by atoms with Crippen molar-refractivity contribution in [1.29, 1.82) is 0 Å². The third-order valence-corrected chi connectivity index (χ3v) is 3.68. The maximum atomic E-state index is 12.5. The minimum atomic E-state index is -0.541. The molecule has 1 aromatic heterocycles. The number of carbonyl (C=O) groups excluding carboxylic acids is 2. The van der Waals surface area contributed by atoms with Gasteiger partial charge >= 0.3 is 5.97 Å². The van der Waals surface area contributed by atoms with E-state index in [0.717, 1.165) is 5.56 Å². The first-order chi connectivity index (χ1) is 13.2. The number of methoxy groups -OCH3 is 1. The van der Waals surface area contributed by atoms with E-state index in [1.165, 1.54) is 19.5 Å². The van der Waals surface area contributed by atoms with Crippen molar-refractivity contribution >= 4 is 17.6 Å². The van der Waals surface area contributed by atoms with Gasteiger partial charge in [-0.15, -0.1) is 0 Å². The number of aromatic nitrogens is 2. The van der Waals surface area contributed by atoms with Crippen LogP contribution in [0.2, 0.25) is 0 Å². The molecule has 0 unspecified atom stereocenters. The summed E-state index contributed by atoms with van der Waals surface area (Å²) in [6.45, 7) is 0.323. The molecule has 0 aliphatic rings. The van der Waals surface area contributed by atoms with Crippen LogP contribution in [0, 0.1) is 0 Å². The second-order valence-corrected chi connectivity index (χ2v) is 5.51. The van der Waals surface area contributed by atoms with Crippen LogP contribution in [0.3, 0.4) is 0 Å². The van der Waals surface area contributed by atoms with Crippen LogP contribution in [-0.4, -0.2) is 29.0 Å². The second-order valence-electron chi connectivity index (χ2n) is 5.51. The molecule has 1 heterocycles. The molecule has 2 aromatic carbocycles. The maximum absolute atomic E-state index is 12.5. The first-order valence-electron chi connectivity index (χ1n) is 8.15. The number of para-hydroxylation sites is 1. The summed E-state index contributed by atoms with van der Waals surface area (Å²) in [5.74, 6) is -0.751. The predicted molar refractivity (Wildman–Crippen MR) is 98.5 cm³/mol. The molecule has 0 spiro atoms. The zero-order valence-corrected chi connectivity index (χ0v) is 14.6. The molecule has 136 valence electrons. The molecular formula is C20H17N3O4. The number of esters is 1. The van der Waals surface area contributed by atoms with Crippen molar-refractivity contribution in [1.82, 2.24) is 9.97 Å². The van der Waals surface area contributed by atoms with Crippen molar-refractivity contribution in [3.8, 4) is 5.88 Å². The number of nitrogens with zero attached hydrogens (tertiary/aromatic N) is 2. The van der Waals surface area contributed by atoms with Gasteiger partial charge in [-0.1, -0.05) is 42.5 Å². The van der Waals surface area contributed by atoms with Crippen LogP contribution < -0.4 is 10.1 Å². The summed E-state index contributed by atoms with van der Waals surface area (Å²) in [5, 5.41) is 2.66. The van der Waals surface area contributed by atoms with Crippen molar-refractivity contribution < 1.29 is 19.1 Å². The number of nitrogens with one attached hydrogen (secondary N) is 1. The standard InChI is InChI=1S/C20H17N3O4/c1-26-20(25)15-9-5-6-10-16(15)23-19(24)17-11-18(22-13-21-17)27-12-14-7-3-2-4-8-14/h2-11,13H,12H2,1H3,(H,23,24). The fourth-order valence-corrected chi connectivity index (χ4v) is 2.34. The number of ether oxygens (including phenoxy) is 2. The number of hydrogen-bond donors (Lipinski definition) is 1. The summed E-state index contributed by atoms with van der Waals surface area (Å²) < 4.78 is 10.3. The van der Waals surface area contributed by atoms with Gasteiger partial charge in [-0.05, 0) is 17.7 Å². The van der Waals surface area contributed by atoms with Crippen molar-refractivity contribution in [2.24, 2.45) is 0 Å². The summed E-state index contributed by atoms with van der Waals surface area (Å²) >= 11 is 0. The van der Waals surface area contributed by atoms with Crippen molar-refractivity contribution in [3.63, 3.8) is 0 Å². The molecule has 7 heteroatoms. The third kappa shape index (κ3) is 4.66. The zero-order valence-electron chi connectivity index (χ0n) is 14.6. The Balaban J connectivity index is 1.72. The fourth-order valence-electron chi connectivity index (χ4n) is 2.34. The summed E-state index contributed by atoms with van der Waals surface area (Å²) in [5.41, 5.74) is 1.68. The predicted octanol–water partition coefficient (Wildman–Crippen LogP) is 3.09. The molecule has 0 aliphatic carbocycles. The lowest BCUT2D eigenvalue weighted by atomic mass is 10.1. The topological polar surface area (TPSA) is 90.4 Å². The monoisotopic (exact) mass is 363 g/mol. The first kappa shape index (κ1) is 18.1. The molecule has 0 bridgehead atoms. The Kier molecular flexibility index (Phi) is 5.73. The summed E-state index contributed by atoms with van der Waals surface area (Å²) in [4.78, 5) is 32.3. The average molecular weight is 363 g/mol. The van der Waals surface area contributed by atoms with E-state index in [2.05, 4.69) is 15.3 Å². The molecule has 3 rings (SSSR count). The van der Waals surface area contributed by atoms with Gasteiger partial charge in [-0.3, -0.25) is 4.79 Å². The van der Waals surface area contributed by atoms with E-state index in [1.807, 2.05) is 30.3 Å². The second kappa shape index (κ2) is 8.57. The van der Waals surface area contributed by atoms with Crippen LogP contribution in [0.15, 0.2) is 67.0 Å².